The van der Waals surface area contributed by atoms with Crippen molar-refractivity contribution >= 4 is 27.4 Å². The van der Waals surface area contributed by atoms with Crippen LogP contribution in [0.4, 0.5) is 4.39 Å². The molecule has 0 fully saturated rings. The summed E-state index contributed by atoms with van der Waals surface area (Å²) in [4.78, 5) is 8.18. The Hall–Kier alpha value is -1.22. The van der Waals surface area contributed by atoms with E-state index in [9.17, 15) is 17.6 Å². The minimum absolute atomic E-state index is 0.0822. The minimum Gasteiger partial charge on any atom is -0.479 e. The van der Waals surface area contributed by atoms with Crippen molar-refractivity contribution in [1.29, 1.82) is 0 Å². The first kappa shape index (κ1) is 16.8. The molecule has 0 bridgehead atoms. The number of carboxylic acid groups (broad SMARTS) is 1. The van der Waals surface area contributed by atoms with Crippen LogP contribution in [-0.2, 0) is 14.6 Å². The van der Waals surface area contributed by atoms with E-state index < -0.39 is 36.4 Å². The van der Waals surface area contributed by atoms with Crippen LogP contribution in [0.3, 0.4) is 0 Å². The maximum atomic E-state index is 13.0. The fourth-order valence-corrected chi connectivity index (χ4v) is 3.68. The zero-order valence-corrected chi connectivity index (χ0v) is 11.9. The Kier molecular flexibility index (Phi) is 5.09. The topological polar surface area (TPSA) is 123 Å². The van der Waals surface area contributed by atoms with Crippen LogP contribution in [0.2, 0.25) is 5.02 Å². The first-order valence-corrected chi connectivity index (χ1v) is 7.45. The van der Waals surface area contributed by atoms with Crippen molar-refractivity contribution < 1.29 is 22.7 Å². The molecule has 0 aliphatic carbocycles. The van der Waals surface area contributed by atoms with Crippen LogP contribution in [0.1, 0.15) is 12.8 Å². The Morgan fingerprint density at radius 3 is 2.50 bits per heavy atom. The van der Waals surface area contributed by atoms with Gasteiger partial charge in [-0.25, -0.2) is 17.6 Å². The van der Waals surface area contributed by atoms with Crippen molar-refractivity contribution in [2.75, 3.05) is 6.54 Å². The van der Waals surface area contributed by atoms with E-state index in [1.807, 2.05) is 0 Å². The summed E-state index contributed by atoms with van der Waals surface area (Å²) in [6, 6.07) is 2.53. The molecule has 0 radical (unpaired) electrons. The fraction of sp³-hybridized carbons (Fsp3) is 0.364. The number of nitrogens with two attached hydrogens (primary N) is 2. The van der Waals surface area contributed by atoms with Crippen LogP contribution in [-0.4, -0.2) is 30.9 Å². The smallest absolute Gasteiger partial charge is 0.339 e. The zero-order chi connectivity index (χ0) is 15.6. The average Bonchev–Trinajstić information content (AvgIpc) is 2.34. The normalized spacial score (nSPS) is 14.8. The standard InChI is InChI=1S/C11H14ClFN2O4S/c12-8-6-7(13)2-3-9(8)20(18,19)11(15,10(16)17)4-1-5-14/h2-3,6H,1,4-5,14-15H2,(H,16,17)/t11-/m0/s1. The van der Waals surface area contributed by atoms with E-state index in [0.717, 1.165) is 18.2 Å². The number of hydrogen-bond donors (Lipinski definition) is 3. The largest absolute Gasteiger partial charge is 0.479 e. The second-order valence-electron chi connectivity index (χ2n) is 4.17. The van der Waals surface area contributed by atoms with Crippen molar-refractivity contribution in [1.82, 2.24) is 0 Å². The van der Waals surface area contributed by atoms with Crippen LogP contribution < -0.4 is 11.5 Å². The van der Waals surface area contributed by atoms with Crippen molar-refractivity contribution in [3.8, 4) is 0 Å². The van der Waals surface area contributed by atoms with Crippen molar-refractivity contribution in [2.45, 2.75) is 22.6 Å². The number of sulfone groups is 1. The maximum Gasteiger partial charge on any atom is 0.339 e. The SMILES string of the molecule is NCCC[C@@](N)(C(=O)O)S(=O)(=O)c1ccc(F)cc1Cl. The van der Waals surface area contributed by atoms with Crippen molar-refractivity contribution in [3.05, 3.63) is 29.0 Å². The van der Waals surface area contributed by atoms with Crippen LogP contribution >= 0.6 is 11.6 Å². The zero-order valence-electron chi connectivity index (χ0n) is 10.3. The number of halogens is 2. The van der Waals surface area contributed by atoms with Gasteiger partial charge in [-0.1, -0.05) is 11.6 Å². The van der Waals surface area contributed by atoms with Gasteiger partial charge in [-0.3, -0.25) is 0 Å². The average molecular weight is 325 g/mol. The van der Waals surface area contributed by atoms with E-state index in [1.165, 1.54) is 0 Å². The predicted octanol–water partition coefficient (Wildman–Crippen LogP) is 0.731. The lowest BCUT2D eigenvalue weighted by atomic mass is 10.1. The van der Waals surface area contributed by atoms with E-state index in [4.69, 9.17) is 28.2 Å². The van der Waals surface area contributed by atoms with E-state index in [0.29, 0.717) is 0 Å². The highest BCUT2D eigenvalue weighted by Gasteiger charge is 2.48. The van der Waals surface area contributed by atoms with Crippen LogP contribution in [0.25, 0.3) is 0 Å². The van der Waals surface area contributed by atoms with Gasteiger partial charge in [0, 0.05) is 0 Å². The molecule has 20 heavy (non-hydrogen) atoms. The lowest BCUT2D eigenvalue weighted by Gasteiger charge is -2.25. The predicted molar refractivity (Wildman–Crippen MR) is 71.4 cm³/mol. The Morgan fingerprint density at radius 1 is 1.45 bits per heavy atom. The van der Waals surface area contributed by atoms with Crippen LogP contribution in [0.15, 0.2) is 23.1 Å². The summed E-state index contributed by atoms with van der Waals surface area (Å²) >= 11 is 5.67. The lowest BCUT2D eigenvalue weighted by Crippen LogP contribution is -2.54. The molecule has 9 heteroatoms. The highest BCUT2D eigenvalue weighted by atomic mass is 35.5. The number of carboxylic acids is 1. The van der Waals surface area contributed by atoms with Gasteiger partial charge in [-0.05, 0) is 37.6 Å². The van der Waals surface area contributed by atoms with Crippen LogP contribution in [0.5, 0.6) is 0 Å². The molecule has 0 aliphatic heterocycles. The Balaban J connectivity index is 3.41. The van der Waals surface area contributed by atoms with Gasteiger partial charge < -0.3 is 16.6 Å². The summed E-state index contributed by atoms with van der Waals surface area (Å²) in [7, 11) is -4.50. The molecule has 6 nitrogen and oxygen atoms in total. The van der Waals surface area contributed by atoms with Crippen molar-refractivity contribution in [2.24, 2.45) is 11.5 Å². The molecular weight excluding hydrogens is 311 g/mol. The molecular formula is C11H14ClFN2O4S. The summed E-state index contributed by atoms with van der Waals surface area (Å²) in [5, 5.41) is 8.72. The number of rotatable bonds is 6. The van der Waals surface area contributed by atoms with E-state index in [2.05, 4.69) is 0 Å². The number of aliphatic carboxylic acids is 1. The van der Waals surface area contributed by atoms with Gasteiger partial charge in [-0.15, -0.1) is 0 Å². The number of carbonyl (C=O) groups is 1. The highest BCUT2D eigenvalue weighted by molar-refractivity contribution is 7.93. The van der Waals surface area contributed by atoms with Gasteiger partial charge in [0.05, 0.1) is 9.92 Å². The second-order valence-corrected chi connectivity index (χ2v) is 6.75. The molecule has 0 amide bonds. The molecule has 1 aromatic rings. The maximum absolute atomic E-state index is 13.0. The molecule has 0 aliphatic rings. The third-order valence-corrected chi connectivity index (χ3v) is 5.47. The molecule has 112 valence electrons. The Morgan fingerprint density at radius 2 is 2.05 bits per heavy atom. The lowest BCUT2D eigenvalue weighted by molar-refractivity contribution is -0.140. The van der Waals surface area contributed by atoms with Gasteiger partial charge in [0.15, 0.2) is 0 Å². The Labute approximate surface area is 120 Å². The quantitative estimate of drug-likeness (QED) is 0.663. The highest BCUT2D eigenvalue weighted by Crippen LogP contribution is 2.31. The molecule has 1 aromatic carbocycles. The molecule has 0 heterocycles. The summed E-state index contributed by atoms with van der Waals surface area (Å²) in [5.41, 5.74) is 10.8. The van der Waals surface area contributed by atoms with E-state index in [1.54, 1.807) is 0 Å². The summed E-state index contributed by atoms with van der Waals surface area (Å²) < 4.78 is 37.7. The molecule has 0 saturated carbocycles. The van der Waals surface area contributed by atoms with E-state index >= 15 is 0 Å². The first-order chi connectivity index (χ1) is 9.16. The van der Waals surface area contributed by atoms with Gasteiger partial charge in [0.2, 0.25) is 14.7 Å². The number of hydrogen-bond acceptors (Lipinski definition) is 5. The summed E-state index contributed by atoms with van der Waals surface area (Å²) in [6.45, 7) is 0.0822. The van der Waals surface area contributed by atoms with Gasteiger partial charge in [0.25, 0.3) is 0 Å². The van der Waals surface area contributed by atoms with Gasteiger partial charge >= 0.3 is 5.97 Å². The van der Waals surface area contributed by atoms with E-state index in [-0.39, 0.29) is 19.4 Å². The molecule has 1 rings (SSSR count). The first-order valence-electron chi connectivity index (χ1n) is 5.59. The van der Waals surface area contributed by atoms with Crippen molar-refractivity contribution in [3.63, 3.8) is 0 Å². The monoisotopic (exact) mass is 324 g/mol. The molecule has 0 unspecified atom stereocenters. The van der Waals surface area contributed by atoms with Gasteiger partial charge in [-0.2, -0.15) is 0 Å². The Bertz CT molecular complexity index is 623. The second kappa shape index (κ2) is 6.04. The summed E-state index contributed by atoms with van der Waals surface area (Å²) in [5.74, 6) is -2.46. The molecule has 5 N–H and O–H groups in total. The third kappa shape index (κ3) is 2.93. The summed E-state index contributed by atoms with van der Waals surface area (Å²) in [6.07, 6.45) is -0.282. The molecule has 1 atom stereocenters. The molecule has 0 spiro atoms. The molecule has 0 saturated heterocycles. The fourth-order valence-electron chi connectivity index (χ4n) is 1.61. The minimum atomic E-state index is -4.50. The number of benzene rings is 1. The van der Waals surface area contributed by atoms with Gasteiger partial charge in [0.1, 0.15) is 5.82 Å². The van der Waals surface area contributed by atoms with Crippen LogP contribution in [0, 0.1) is 5.82 Å². The third-order valence-electron chi connectivity index (χ3n) is 2.78. The molecule has 0 aromatic heterocycles.